The first-order chi connectivity index (χ1) is 27.8. The van der Waals surface area contributed by atoms with E-state index in [4.69, 9.17) is 9.97 Å². The van der Waals surface area contributed by atoms with Crippen LogP contribution in [0.15, 0.2) is 176 Å². The van der Waals surface area contributed by atoms with Crippen LogP contribution in [0.1, 0.15) is 42.8 Å². The maximum Gasteiger partial charge on any atom is 0.163 e. The number of nitrogens with zero attached hydrogens (tertiary/aromatic N) is 5. The summed E-state index contributed by atoms with van der Waals surface area (Å²) in [5.74, 6) is 2.29. The Labute approximate surface area is 328 Å². The molecule has 0 unspecified atom stereocenters. The maximum absolute atomic E-state index is 5.37. The summed E-state index contributed by atoms with van der Waals surface area (Å²) >= 11 is 0. The fourth-order valence-corrected chi connectivity index (χ4v) is 8.10. The molecule has 0 bridgehead atoms. The lowest BCUT2D eigenvalue weighted by atomic mass is 10.0. The van der Waals surface area contributed by atoms with Gasteiger partial charge in [0.1, 0.15) is 11.6 Å². The topological polar surface area (TPSA) is 38.9 Å². The van der Waals surface area contributed by atoms with Gasteiger partial charge in [0.2, 0.25) is 0 Å². The Morgan fingerprint density at radius 2 is 1.07 bits per heavy atom. The molecule has 2 aliphatic rings. The van der Waals surface area contributed by atoms with Gasteiger partial charge >= 0.3 is 0 Å². The van der Waals surface area contributed by atoms with Crippen LogP contribution < -0.4 is 4.90 Å². The number of hydrogen-bond donors (Lipinski definition) is 0. The molecule has 272 valence electrons. The molecule has 3 heterocycles. The van der Waals surface area contributed by atoms with Crippen molar-refractivity contribution < 1.29 is 0 Å². The zero-order chi connectivity index (χ0) is 37.8. The van der Waals surface area contributed by atoms with Crippen molar-refractivity contribution in [1.29, 1.82) is 0 Å². The normalized spacial score (nSPS) is 14.1. The summed E-state index contributed by atoms with van der Waals surface area (Å²) in [6.45, 7) is 4.00. The summed E-state index contributed by atoms with van der Waals surface area (Å²) in [5.41, 5.74) is 11.7. The van der Waals surface area contributed by atoms with Crippen molar-refractivity contribution in [3.63, 3.8) is 0 Å². The van der Waals surface area contributed by atoms with Gasteiger partial charge in [0.05, 0.1) is 11.0 Å². The van der Waals surface area contributed by atoms with Gasteiger partial charge in [-0.25, -0.2) is 9.97 Å². The molecule has 0 N–H and O–H groups in total. The summed E-state index contributed by atoms with van der Waals surface area (Å²) in [7, 11) is 0. The number of fused-ring (bicyclic) bond motifs is 6. The summed E-state index contributed by atoms with van der Waals surface area (Å²) < 4.78 is 4.87. The molecular weight excluding hydrogens is 683 g/mol. The monoisotopic (exact) mass is 725 g/mol. The zero-order valence-electron chi connectivity index (χ0n) is 31.8. The number of anilines is 3. The highest BCUT2D eigenvalue weighted by molar-refractivity contribution is 5.99. The Hall–Kier alpha value is -6.98. The van der Waals surface area contributed by atoms with Crippen molar-refractivity contribution in [3.8, 4) is 17.2 Å². The molecule has 0 saturated heterocycles. The highest BCUT2D eigenvalue weighted by atomic mass is 15.2. The minimum absolute atomic E-state index is 0.673. The molecule has 5 nitrogen and oxygen atoms in total. The molecule has 0 radical (unpaired) electrons. The molecule has 8 aromatic rings. The van der Waals surface area contributed by atoms with E-state index in [1.807, 2.05) is 44.2 Å². The van der Waals surface area contributed by atoms with Gasteiger partial charge in [-0.2, -0.15) is 0 Å². The lowest BCUT2D eigenvalue weighted by Gasteiger charge is -2.25. The minimum Gasteiger partial charge on any atom is -0.316 e. The standard InChI is InChI=1S/C49H37N5.C2H6/c1-5-19-35(20-6-1)49-50-47(52(36-21-7-2-8-22-36)37-23-9-3-10-24-37)34-48(51-49)54-45-31-18-15-28-41(45)42-33-38(25-13-16-32-46(42)54)53-43-29-12-4-11-26-39(43)40-27-14-17-30-44(40)53;1-2/h1-24,26-28,30-31,33-34H,25,29,32H2;1-2H3/b16-13?,38-33+;. The van der Waals surface area contributed by atoms with E-state index in [0.29, 0.717) is 5.82 Å². The number of allylic oxidation sites excluding steroid dienone is 6. The minimum atomic E-state index is 0.673. The summed E-state index contributed by atoms with van der Waals surface area (Å²) in [5, 5.41) is 2.48. The summed E-state index contributed by atoms with van der Waals surface area (Å²) in [4.78, 5) is 12.9. The third-order valence-corrected chi connectivity index (χ3v) is 10.5. The van der Waals surface area contributed by atoms with Crippen LogP contribution in [0, 0.1) is 0 Å². The van der Waals surface area contributed by atoms with Gasteiger partial charge < -0.3 is 4.57 Å². The van der Waals surface area contributed by atoms with E-state index in [-0.39, 0.29) is 0 Å². The molecule has 0 amide bonds. The SMILES string of the molecule is C1=CCc2c(c3ccccc3n2/C2=C/c3c(n(-c4cc(N(c5ccccc5)c5ccccc5)nc(-c5ccccc5)n4)c4ccccc34)CC=CC2)C=C1.CC. The zero-order valence-corrected chi connectivity index (χ0v) is 31.8. The molecule has 10 rings (SSSR count). The molecule has 56 heavy (non-hydrogen) atoms. The molecule has 0 saturated carbocycles. The van der Waals surface area contributed by atoms with E-state index >= 15 is 0 Å². The fourth-order valence-electron chi connectivity index (χ4n) is 8.10. The van der Waals surface area contributed by atoms with E-state index in [2.05, 4.69) is 172 Å². The molecule has 5 heteroatoms. The maximum atomic E-state index is 5.37. The first-order valence-corrected chi connectivity index (χ1v) is 19.6. The number of benzene rings is 5. The molecule has 0 spiro atoms. The largest absolute Gasteiger partial charge is 0.316 e. The molecular formula is C51H43N5. The van der Waals surface area contributed by atoms with Crippen molar-refractivity contribution in [2.24, 2.45) is 0 Å². The first kappa shape index (κ1) is 34.8. The Bertz CT molecular complexity index is 2740. The molecule has 0 aliphatic heterocycles. The van der Waals surface area contributed by atoms with Crippen LogP contribution >= 0.6 is 0 Å². The van der Waals surface area contributed by atoms with Crippen LogP contribution in [0.25, 0.3) is 56.9 Å². The average molecular weight is 726 g/mol. The van der Waals surface area contributed by atoms with E-state index < -0.39 is 0 Å². The third-order valence-electron chi connectivity index (χ3n) is 10.5. The van der Waals surface area contributed by atoms with Crippen molar-refractivity contribution in [1.82, 2.24) is 19.1 Å². The van der Waals surface area contributed by atoms with Crippen LogP contribution in [0.5, 0.6) is 0 Å². The number of rotatable bonds is 6. The quantitative estimate of drug-likeness (QED) is 0.160. The highest BCUT2D eigenvalue weighted by Crippen LogP contribution is 2.40. The Morgan fingerprint density at radius 3 is 1.77 bits per heavy atom. The summed E-state index contributed by atoms with van der Waals surface area (Å²) in [6.07, 6.45) is 18.4. The number of para-hydroxylation sites is 4. The number of aromatic nitrogens is 4. The van der Waals surface area contributed by atoms with E-state index in [1.54, 1.807) is 0 Å². The summed E-state index contributed by atoms with van der Waals surface area (Å²) in [6, 6.07) is 50.9. The third kappa shape index (κ3) is 6.27. The molecule has 5 aromatic carbocycles. The lowest BCUT2D eigenvalue weighted by Crippen LogP contribution is -2.14. The first-order valence-electron chi connectivity index (χ1n) is 19.6. The molecule has 0 fully saturated rings. The second-order valence-corrected chi connectivity index (χ2v) is 13.7. The van der Waals surface area contributed by atoms with Gasteiger partial charge in [0, 0.05) is 81.3 Å². The smallest absolute Gasteiger partial charge is 0.163 e. The van der Waals surface area contributed by atoms with Gasteiger partial charge in [-0.1, -0.05) is 153 Å². The van der Waals surface area contributed by atoms with E-state index in [9.17, 15) is 0 Å². The number of hydrogen-bond acceptors (Lipinski definition) is 3. The van der Waals surface area contributed by atoms with Crippen LogP contribution in [-0.2, 0) is 12.8 Å². The Morgan fingerprint density at radius 1 is 0.518 bits per heavy atom. The highest BCUT2D eigenvalue weighted by Gasteiger charge is 2.24. The average Bonchev–Trinajstić information content (AvgIpc) is 3.60. The van der Waals surface area contributed by atoms with Gasteiger partial charge in [0.25, 0.3) is 0 Å². The van der Waals surface area contributed by atoms with Crippen LogP contribution in [0.2, 0.25) is 0 Å². The van der Waals surface area contributed by atoms with Gasteiger partial charge in [-0.05, 0) is 42.5 Å². The van der Waals surface area contributed by atoms with Crippen molar-refractivity contribution in [2.45, 2.75) is 33.1 Å². The van der Waals surface area contributed by atoms with Crippen LogP contribution in [-0.4, -0.2) is 19.1 Å². The van der Waals surface area contributed by atoms with Gasteiger partial charge in [-0.15, -0.1) is 0 Å². The second-order valence-electron chi connectivity index (χ2n) is 13.7. The van der Waals surface area contributed by atoms with Crippen molar-refractivity contribution in [2.75, 3.05) is 4.90 Å². The van der Waals surface area contributed by atoms with Crippen LogP contribution in [0.4, 0.5) is 17.2 Å². The van der Waals surface area contributed by atoms with E-state index in [0.717, 1.165) is 53.4 Å². The van der Waals surface area contributed by atoms with Crippen molar-refractivity contribution >= 4 is 56.8 Å². The molecule has 3 aromatic heterocycles. The van der Waals surface area contributed by atoms with E-state index in [1.165, 1.54) is 44.5 Å². The molecule has 0 atom stereocenters. The fraction of sp³-hybridized carbons (Fsp3) is 0.0980. The predicted molar refractivity (Wildman–Crippen MR) is 236 cm³/mol. The second kappa shape index (κ2) is 15.4. The van der Waals surface area contributed by atoms with Crippen LogP contribution in [0.3, 0.4) is 0 Å². The predicted octanol–water partition coefficient (Wildman–Crippen LogP) is 13.2. The molecule has 2 aliphatic carbocycles. The van der Waals surface area contributed by atoms with Gasteiger partial charge in [-0.3, -0.25) is 9.47 Å². The van der Waals surface area contributed by atoms with Gasteiger partial charge in [0.15, 0.2) is 5.82 Å². The Kier molecular flexibility index (Phi) is 9.56. The Balaban J connectivity index is 0.00000202. The van der Waals surface area contributed by atoms with Crippen molar-refractivity contribution in [3.05, 3.63) is 198 Å². The lowest BCUT2D eigenvalue weighted by molar-refractivity contribution is 0.937.